The Kier molecular flexibility index (Phi) is 6.38. The summed E-state index contributed by atoms with van der Waals surface area (Å²) < 4.78 is 5.54. The van der Waals surface area contributed by atoms with E-state index >= 15 is 0 Å². The fourth-order valence-electron chi connectivity index (χ4n) is 2.95. The molecule has 1 aliphatic heterocycles. The first-order valence-electron chi connectivity index (χ1n) is 9.02. The Hall–Kier alpha value is -2.67. The van der Waals surface area contributed by atoms with Crippen molar-refractivity contribution in [3.8, 4) is 5.75 Å². The number of carbonyl (C=O) groups excluding carboxylic acids is 1. The largest absolute Gasteiger partial charge is 0.492 e. The minimum atomic E-state index is 0.00553. The molecule has 0 atom stereocenters. The van der Waals surface area contributed by atoms with Gasteiger partial charge in [-0.2, -0.15) is 0 Å². The topological polar surface area (TPSA) is 70.6 Å². The molecule has 1 saturated heterocycles. The zero-order valence-corrected chi connectivity index (χ0v) is 15.1. The number of para-hydroxylation sites is 2. The van der Waals surface area contributed by atoms with Gasteiger partial charge in [0.1, 0.15) is 5.75 Å². The van der Waals surface area contributed by atoms with Crippen LogP contribution in [0.3, 0.4) is 0 Å². The third kappa shape index (κ3) is 4.92. The van der Waals surface area contributed by atoms with Gasteiger partial charge in [-0.25, -0.2) is 9.97 Å². The zero-order valence-electron chi connectivity index (χ0n) is 15.1. The van der Waals surface area contributed by atoms with E-state index in [2.05, 4.69) is 25.1 Å². The van der Waals surface area contributed by atoms with Crippen molar-refractivity contribution in [1.82, 2.24) is 14.9 Å². The van der Waals surface area contributed by atoms with Crippen LogP contribution in [0.2, 0.25) is 0 Å². The van der Waals surface area contributed by atoms with Crippen LogP contribution in [0, 0.1) is 0 Å². The van der Waals surface area contributed by atoms with E-state index in [1.165, 1.54) is 0 Å². The first kappa shape index (κ1) is 18.1. The van der Waals surface area contributed by atoms with E-state index in [1.54, 1.807) is 12.4 Å². The number of anilines is 2. The Morgan fingerprint density at radius 3 is 2.58 bits per heavy atom. The molecule has 2 aromatic rings. The number of aromatic nitrogens is 2. The molecule has 0 unspecified atom stereocenters. The van der Waals surface area contributed by atoms with E-state index < -0.39 is 0 Å². The lowest BCUT2D eigenvalue weighted by atomic mass is 10.2. The van der Waals surface area contributed by atoms with E-state index in [9.17, 15) is 4.79 Å². The molecular weight excluding hydrogens is 330 g/mol. The first-order chi connectivity index (χ1) is 12.8. The van der Waals surface area contributed by atoms with Gasteiger partial charge in [-0.1, -0.05) is 12.1 Å². The van der Waals surface area contributed by atoms with Gasteiger partial charge in [-0.05, 0) is 25.1 Å². The van der Waals surface area contributed by atoms with E-state index in [4.69, 9.17) is 4.74 Å². The van der Waals surface area contributed by atoms with Crippen LogP contribution in [-0.4, -0.2) is 60.1 Å². The number of ether oxygens (including phenoxy) is 1. The lowest BCUT2D eigenvalue weighted by Crippen LogP contribution is -2.47. The summed E-state index contributed by atoms with van der Waals surface area (Å²) in [6.07, 6.45) is 3.99. The minimum absolute atomic E-state index is 0.00553. The van der Waals surface area contributed by atoms with Gasteiger partial charge in [0.15, 0.2) is 0 Å². The maximum Gasteiger partial charge on any atom is 0.225 e. The predicted octanol–water partition coefficient (Wildman–Crippen LogP) is 2.03. The quantitative estimate of drug-likeness (QED) is 0.819. The molecule has 1 fully saturated rings. The molecule has 26 heavy (non-hydrogen) atoms. The van der Waals surface area contributed by atoms with Gasteiger partial charge in [0.25, 0.3) is 0 Å². The number of rotatable bonds is 7. The fraction of sp³-hybridized carbons (Fsp3) is 0.421. The third-order valence-electron chi connectivity index (χ3n) is 4.32. The number of piperazine rings is 1. The Labute approximate surface area is 154 Å². The summed E-state index contributed by atoms with van der Waals surface area (Å²) in [5, 5.41) is 2.95. The summed E-state index contributed by atoms with van der Waals surface area (Å²) in [6, 6.07) is 9.34. The second-order valence-electron chi connectivity index (χ2n) is 6.10. The van der Waals surface area contributed by atoms with Gasteiger partial charge in [0.05, 0.1) is 12.3 Å². The number of nitrogens with one attached hydrogen (secondary N) is 1. The molecule has 1 aliphatic rings. The summed E-state index contributed by atoms with van der Waals surface area (Å²) in [6.45, 7) is 6.80. The normalized spacial score (nSPS) is 14.9. The highest BCUT2D eigenvalue weighted by molar-refractivity contribution is 5.92. The van der Waals surface area contributed by atoms with Gasteiger partial charge < -0.3 is 15.0 Å². The molecule has 1 aromatic carbocycles. The number of benzene rings is 1. The Morgan fingerprint density at radius 1 is 1.12 bits per heavy atom. The van der Waals surface area contributed by atoms with Crippen LogP contribution in [-0.2, 0) is 4.79 Å². The van der Waals surface area contributed by atoms with Crippen molar-refractivity contribution in [2.45, 2.75) is 13.3 Å². The molecule has 3 rings (SSSR count). The van der Waals surface area contributed by atoms with Crippen LogP contribution >= 0.6 is 0 Å². The fourth-order valence-corrected chi connectivity index (χ4v) is 2.95. The molecule has 1 aromatic heterocycles. The molecule has 7 nitrogen and oxygen atoms in total. The number of hydrogen-bond acceptors (Lipinski definition) is 6. The van der Waals surface area contributed by atoms with Crippen LogP contribution in [0.5, 0.6) is 5.75 Å². The standard InChI is InChI=1S/C19H25N5O2/c1-2-26-17-7-4-3-6-16(17)22-18(25)8-11-23-12-14-24(15-13-23)19-20-9-5-10-21-19/h3-7,9-10H,2,8,11-15H2,1H3,(H,22,25). The average Bonchev–Trinajstić information content (AvgIpc) is 2.69. The number of nitrogens with zero attached hydrogens (tertiary/aromatic N) is 4. The molecule has 0 spiro atoms. The lowest BCUT2D eigenvalue weighted by Gasteiger charge is -2.34. The smallest absolute Gasteiger partial charge is 0.225 e. The maximum atomic E-state index is 12.3. The lowest BCUT2D eigenvalue weighted by molar-refractivity contribution is -0.116. The Bertz CT molecular complexity index is 702. The third-order valence-corrected chi connectivity index (χ3v) is 4.32. The highest BCUT2D eigenvalue weighted by atomic mass is 16.5. The molecule has 2 heterocycles. The van der Waals surface area contributed by atoms with Gasteiger partial charge in [-0.15, -0.1) is 0 Å². The monoisotopic (exact) mass is 355 g/mol. The van der Waals surface area contributed by atoms with Crippen molar-refractivity contribution in [3.05, 3.63) is 42.7 Å². The number of carbonyl (C=O) groups is 1. The average molecular weight is 355 g/mol. The highest BCUT2D eigenvalue weighted by Crippen LogP contribution is 2.23. The molecule has 7 heteroatoms. The van der Waals surface area contributed by atoms with E-state index in [0.29, 0.717) is 18.8 Å². The zero-order chi connectivity index (χ0) is 18.2. The van der Waals surface area contributed by atoms with E-state index in [-0.39, 0.29) is 5.91 Å². The summed E-state index contributed by atoms with van der Waals surface area (Å²) in [7, 11) is 0. The second kappa shape index (κ2) is 9.15. The molecule has 1 amide bonds. The van der Waals surface area contributed by atoms with Crippen molar-refractivity contribution in [1.29, 1.82) is 0 Å². The molecule has 0 saturated carbocycles. The summed E-state index contributed by atoms with van der Waals surface area (Å²) in [5.74, 6) is 1.49. The second-order valence-corrected chi connectivity index (χ2v) is 6.10. The Morgan fingerprint density at radius 2 is 1.85 bits per heavy atom. The van der Waals surface area contributed by atoms with Gasteiger partial charge in [0, 0.05) is 51.5 Å². The van der Waals surface area contributed by atoms with Crippen LogP contribution in [0.1, 0.15) is 13.3 Å². The maximum absolute atomic E-state index is 12.3. The summed E-state index contributed by atoms with van der Waals surface area (Å²) >= 11 is 0. The summed E-state index contributed by atoms with van der Waals surface area (Å²) in [5.41, 5.74) is 0.727. The number of amides is 1. The van der Waals surface area contributed by atoms with E-state index in [1.807, 2.05) is 37.3 Å². The van der Waals surface area contributed by atoms with Gasteiger partial charge in [-0.3, -0.25) is 9.69 Å². The number of hydrogen-bond donors (Lipinski definition) is 1. The molecule has 0 bridgehead atoms. The molecule has 0 radical (unpaired) electrons. The van der Waals surface area contributed by atoms with Crippen molar-refractivity contribution in [2.24, 2.45) is 0 Å². The molecule has 1 N–H and O–H groups in total. The first-order valence-corrected chi connectivity index (χ1v) is 9.02. The van der Waals surface area contributed by atoms with Crippen LogP contribution in [0.25, 0.3) is 0 Å². The van der Waals surface area contributed by atoms with Crippen molar-refractivity contribution >= 4 is 17.5 Å². The highest BCUT2D eigenvalue weighted by Gasteiger charge is 2.19. The minimum Gasteiger partial charge on any atom is -0.492 e. The molecule has 138 valence electrons. The van der Waals surface area contributed by atoms with Crippen molar-refractivity contribution in [2.75, 3.05) is 49.5 Å². The van der Waals surface area contributed by atoms with Gasteiger partial charge in [0.2, 0.25) is 11.9 Å². The Balaban J connectivity index is 1.43. The van der Waals surface area contributed by atoms with Crippen LogP contribution in [0.15, 0.2) is 42.7 Å². The molecule has 0 aliphatic carbocycles. The predicted molar refractivity (Wildman–Crippen MR) is 102 cm³/mol. The van der Waals surface area contributed by atoms with Crippen molar-refractivity contribution in [3.63, 3.8) is 0 Å². The van der Waals surface area contributed by atoms with Gasteiger partial charge >= 0.3 is 0 Å². The van der Waals surface area contributed by atoms with Crippen LogP contribution in [0.4, 0.5) is 11.6 Å². The van der Waals surface area contributed by atoms with Crippen molar-refractivity contribution < 1.29 is 9.53 Å². The SMILES string of the molecule is CCOc1ccccc1NC(=O)CCN1CCN(c2ncccn2)CC1. The van der Waals surface area contributed by atoms with E-state index in [0.717, 1.165) is 44.4 Å². The molecular formula is C19H25N5O2. The van der Waals surface area contributed by atoms with Crippen LogP contribution < -0.4 is 15.0 Å². The summed E-state index contributed by atoms with van der Waals surface area (Å²) in [4.78, 5) is 25.3.